The average molecular weight is 232 g/mol. The van der Waals surface area contributed by atoms with Gasteiger partial charge in [0.05, 0.1) is 12.7 Å². The Labute approximate surface area is 88.0 Å². The number of benzene rings is 1. The lowest BCUT2D eigenvalue weighted by Gasteiger charge is -2.01. The Balaban J connectivity index is 0.000000423. The molecule has 0 saturated carbocycles. The molecule has 15 heavy (non-hydrogen) atoms. The van der Waals surface area contributed by atoms with Gasteiger partial charge in [-0.1, -0.05) is 6.07 Å². The molecule has 0 saturated heterocycles. The zero-order valence-corrected chi connectivity index (χ0v) is 8.70. The number of hydrogen-bond donors (Lipinski definition) is 2. The van der Waals surface area contributed by atoms with Crippen molar-refractivity contribution in [1.82, 2.24) is 0 Å². The minimum absolute atomic E-state index is 0.00926. The highest BCUT2D eigenvalue weighted by Crippen LogP contribution is 2.20. The highest BCUT2D eigenvalue weighted by Gasteiger charge is 2.06. The number of hydrogen-bond acceptors (Lipinski definition) is 4. The molecule has 0 atom stereocenters. The zero-order chi connectivity index (χ0) is 11.8. The lowest BCUT2D eigenvalue weighted by Crippen LogP contribution is -1.90. The van der Waals surface area contributed by atoms with Gasteiger partial charge in [0, 0.05) is 0 Å². The molecule has 7 heteroatoms. The van der Waals surface area contributed by atoms with Gasteiger partial charge in [0.2, 0.25) is 0 Å². The van der Waals surface area contributed by atoms with Crippen LogP contribution in [0.5, 0.6) is 5.75 Å². The molecule has 0 aliphatic carbocycles. The van der Waals surface area contributed by atoms with Crippen molar-refractivity contribution in [2.75, 3.05) is 7.11 Å². The summed E-state index contributed by atoms with van der Waals surface area (Å²) in [6.07, 6.45) is 0. The van der Waals surface area contributed by atoms with Crippen molar-refractivity contribution >= 4 is 10.9 Å². The average Bonchev–Trinajstić information content (AvgIpc) is 2.16. The molecular weight excluding hydrogens is 223 g/mol. The third-order valence-electron chi connectivity index (χ3n) is 1.29. The molecule has 0 aromatic heterocycles. The van der Waals surface area contributed by atoms with Crippen LogP contribution < -0.4 is 9.88 Å². The third kappa shape index (κ3) is 4.95. The van der Waals surface area contributed by atoms with Gasteiger partial charge in [0.15, 0.2) is 22.5 Å². The summed E-state index contributed by atoms with van der Waals surface area (Å²) in [7, 11) is -1.29. The maximum Gasteiger partial charge on any atom is 0.198 e. The van der Waals surface area contributed by atoms with Crippen LogP contribution in [0.25, 0.3) is 0 Å². The third-order valence-corrected chi connectivity index (χ3v) is 1.29. The minimum Gasteiger partial charge on any atom is -0.492 e. The molecule has 1 rings (SSSR count). The van der Waals surface area contributed by atoms with Gasteiger partial charge < -0.3 is 4.74 Å². The Morgan fingerprint density at radius 1 is 1.53 bits per heavy atom. The molecule has 0 bridgehead atoms. The van der Waals surface area contributed by atoms with Gasteiger partial charge in [0.25, 0.3) is 0 Å². The summed E-state index contributed by atoms with van der Waals surface area (Å²) in [4.78, 5) is 0. The molecule has 0 heterocycles. The van der Waals surface area contributed by atoms with Crippen molar-refractivity contribution in [3.05, 3.63) is 29.6 Å². The maximum atomic E-state index is 12.8. The predicted molar refractivity (Wildman–Crippen MR) is 52.2 cm³/mol. The van der Waals surface area contributed by atoms with Gasteiger partial charge in [-0.15, -0.1) is 0 Å². The molecule has 0 unspecified atom stereocenters. The van der Waals surface area contributed by atoms with Gasteiger partial charge in [-0.25, -0.2) is 17.9 Å². The van der Waals surface area contributed by atoms with Crippen LogP contribution in [0.1, 0.15) is 5.56 Å². The van der Waals surface area contributed by atoms with Crippen molar-refractivity contribution in [2.45, 2.75) is 0 Å². The molecule has 1 aromatic rings. The Hall–Kier alpha value is -1.65. The fraction of sp³-hybridized carbons (Fsp3) is 0.125. The van der Waals surface area contributed by atoms with E-state index in [4.69, 9.17) is 13.7 Å². The number of nitriles is 1. The van der Waals surface area contributed by atoms with Crippen molar-refractivity contribution in [3.8, 4) is 11.8 Å². The van der Waals surface area contributed by atoms with Crippen molar-refractivity contribution in [1.29, 1.82) is 5.26 Å². The molecule has 0 radical (unpaired) electrons. The van der Waals surface area contributed by atoms with E-state index in [0.29, 0.717) is 0 Å². The molecular formula is C8H9FN2O3S. The van der Waals surface area contributed by atoms with Crippen molar-refractivity contribution < 1.29 is 17.5 Å². The van der Waals surface area contributed by atoms with Crippen LogP contribution in [0.4, 0.5) is 4.39 Å². The van der Waals surface area contributed by atoms with Crippen LogP contribution >= 0.6 is 0 Å². The van der Waals surface area contributed by atoms with E-state index in [1.165, 1.54) is 25.3 Å². The summed E-state index contributed by atoms with van der Waals surface area (Å²) in [6, 6.07) is 6.04. The summed E-state index contributed by atoms with van der Waals surface area (Å²) in [6.45, 7) is 0. The first-order valence-electron chi connectivity index (χ1n) is 3.64. The van der Waals surface area contributed by atoms with Gasteiger partial charge in [-0.2, -0.15) is 5.26 Å². The van der Waals surface area contributed by atoms with E-state index >= 15 is 0 Å². The Bertz CT molecular complexity index is 432. The molecule has 0 fully saturated rings. The fourth-order valence-corrected chi connectivity index (χ4v) is 0.804. The number of methoxy groups -OCH3 is 1. The van der Waals surface area contributed by atoms with E-state index in [1.54, 1.807) is 0 Å². The zero-order valence-electron chi connectivity index (χ0n) is 7.81. The standard InChI is InChI=1S/C8H6FNO.H3NO2S/c1-11-8-6(5-10)3-2-4-7(8)9;1-4(2)3/h2-4H,1H3;4H,(H2,1,2,3). The largest absolute Gasteiger partial charge is 0.492 e. The second-order valence-corrected chi connectivity index (χ2v) is 2.79. The minimum atomic E-state index is -2.62. The number of halogens is 1. The molecule has 0 amide bonds. The summed E-state index contributed by atoms with van der Waals surface area (Å²) in [5, 5.41) is 12.5. The summed E-state index contributed by atoms with van der Waals surface area (Å²) in [5.74, 6) is -0.499. The quantitative estimate of drug-likeness (QED) is 0.675. The van der Waals surface area contributed by atoms with Gasteiger partial charge in [-0.3, -0.25) is 0 Å². The van der Waals surface area contributed by atoms with Crippen molar-refractivity contribution in [3.63, 3.8) is 0 Å². The molecule has 0 spiro atoms. The van der Waals surface area contributed by atoms with Gasteiger partial charge >= 0.3 is 0 Å². The van der Waals surface area contributed by atoms with Crippen LogP contribution in [0.3, 0.4) is 0 Å². The van der Waals surface area contributed by atoms with E-state index in [9.17, 15) is 4.39 Å². The Kier molecular flexibility index (Phi) is 6.01. The van der Waals surface area contributed by atoms with Crippen LogP contribution in [0.15, 0.2) is 18.2 Å². The lowest BCUT2D eigenvalue weighted by molar-refractivity contribution is 0.385. The maximum absolute atomic E-state index is 12.8. The first-order chi connectivity index (χ1) is 7.02. The Morgan fingerprint density at radius 2 is 2.07 bits per heavy atom. The second-order valence-electron chi connectivity index (χ2n) is 2.22. The molecule has 82 valence electrons. The smallest absolute Gasteiger partial charge is 0.198 e. The fourth-order valence-electron chi connectivity index (χ4n) is 0.804. The van der Waals surface area contributed by atoms with Gasteiger partial charge in [0.1, 0.15) is 6.07 Å². The number of para-hydroxylation sites is 1. The first kappa shape index (κ1) is 13.4. The molecule has 1 aromatic carbocycles. The van der Waals surface area contributed by atoms with Crippen LogP contribution in [0, 0.1) is 17.1 Å². The van der Waals surface area contributed by atoms with E-state index in [1.807, 2.05) is 6.07 Å². The summed E-state index contributed by atoms with van der Waals surface area (Å²) >= 11 is 0. The lowest BCUT2D eigenvalue weighted by atomic mass is 10.2. The number of rotatable bonds is 1. The molecule has 2 N–H and O–H groups in total. The monoisotopic (exact) mass is 232 g/mol. The normalized spacial score (nSPS) is 8.73. The number of thiol groups is 1. The number of ether oxygens (including phenoxy) is 1. The number of nitrogens with zero attached hydrogens (tertiary/aromatic N) is 1. The van der Waals surface area contributed by atoms with Crippen molar-refractivity contribution in [2.24, 2.45) is 5.14 Å². The summed E-state index contributed by atoms with van der Waals surface area (Å²) < 4.78 is 35.1. The highest BCUT2D eigenvalue weighted by molar-refractivity contribution is 7.69. The molecule has 0 aliphatic heterocycles. The topological polar surface area (TPSA) is 93.2 Å². The Morgan fingerprint density at radius 3 is 2.40 bits per heavy atom. The predicted octanol–water partition coefficient (Wildman–Crippen LogP) is 0.177. The number of nitrogens with two attached hydrogens (primary N) is 1. The van der Waals surface area contributed by atoms with Gasteiger partial charge in [-0.05, 0) is 12.1 Å². The van der Waals surface area contributed by atoms with Crippen LogP contribution in [-0.2, 0) is 10.9 Å². The summed E-state index contributed by atoms with van der Waals surface area (Å²) in [5.41, 5.74) is 0.215. The second kappa shape index (κ2) is 6.75. The molecule has 0 aliphatic rings. The van der Waals surface area contributed by atoms with E-state index in [-0.39, 0.29) is 11.3 Å². The van der Waals surface area contributed by atoms with E-state index < -0.39 is 16.7 Å². The van der Waals surface area contributed by atoms with Crippen LogP contribution in [0.2, 0.25) is 0 Å². The van der Waals surface area contributed by atoms with E-state index in [0.717, 1.165) is 0 Å². The van der Waals surface area contributed by atoms with Crippen LogP contribution in [-0.4, -0.2) is 15.5 Å². The SMILES string of the molecule is COc1c(F)cccc1C#N.N[SH](=O)=O. The van der Waals surface area contributed by atoms with E-state index in [2.05, 4.69) is 9.88 Å². The highest BCUT2D eigenvalue weighted by atomic mass is 32.2. The molecule has 5 nitrogen and oxygen atoms in total. The first-order valence-corrected chi connectivity index (χ1v) is 4.89.